The minimum absolute atomic E-state index is 0.689. The van der Waals surface area contributed by atoms with Crippen molar-refractivity contribution in [3.63, 3.8) is 0 Å². The molecule has 2 heterocycles. The molecule has 0 spiro atoms. The molecule has 4 heteroatoms. The first kappa shape index (κ1) is 34.5. The smallest absolute Gasteiger partial charge is 0.160 e. The number of aromatic nitrogens is 4. The van der Waals surface area contributed by atoms with Gasteiger partial charge in [-0.15, -0.1) is 0 Å². The summed E-state index contributed by atoms with van der Waals surface area (Å²) in [5.74, 6) is 1.38. The van der Waals surface area contributed by atoms with E-state index in [-0.39, 0.29) is 0 Å². The fraction of sp³-hybridized carbons (Fsp3) is 0. The number of benzene rings is 11. The number of hydrogen-bond donors (Lipinski definition) is 0. The highest BCUT2D eigenvalue weighted by atomic mass is 14.9. The molecule has 0 bridgehead atoms. The fourth-order valence-electron chi connectivity index (χ4n) is 9.75. The van der Waals surface area contributed by atoms with E-state index in [1.807, 2.05) is 0 Å². The molecule has 2 aromatic heterocycles. The second kappa shape index (κ2) is 13.6. The zero-order chi connectivity index (χ0) is 40.7. The second-order valence-electron chi connectivity index (χ2n) is 16.1. The van der Waals surface area contributed by atoms with E-state index >= 15 is 0 Å². The summed E-state index contributed by atoms with van der Waals surface area (Å²) in [6.45, 7) is 0. The third-order valence-electron chi connectivity index (χ3n) is 12.6. The Labute approximate surface area is 357 Å². The summed E-state index contributed by atoms with van der Waals surface area (Å²) in [6.07, 6.45) is 0. The molecule has 0 unspecified atom stereocenters. The maximum atomic E-state index is 5.21. The molecule has 0 fully saturated rings. The zero-order valence-corrected chi connectivity index (χ0v) is 33.4. The molecule has 4 nitrogen and oxygen atoms in total. The molecule has 286 valence electrons. The number of hydrogen-bond acceptors (Lipinski definition) is 4. The van der Waals surface area contributed by atoms with Gasteiger partial charge in [0.25, 0.3) is 0 Å². The van der Waals surface area contributed by atoms with Gasteiger partial charge in [-0.1, -0.05) is 170 Å². The normalized spacial score (nSPS) is 11.9. The molecule has 13 rings (SSSR count). The SMILES string of the molecule is c1ccc(-c2cc(-c3ccccc3)c3ccc4nc(-c5ccc(-c6nc7ccc8c(-c9ccccc9)cc(-c9ccccc9)c9ccc(n6)c7c89)cc5)nc5ccc2c3c54)cc1. The standard InChI is InChI=1S/C58H34N4/c1-5-13-35(14-6-1)45-33-46(36-15-7-2-8-16-36)42-26-30-50-55-49(29-25-41(45)53(42)55)59-57(60-50)39-21-23-40(24-22-39)58-61-51-31-27-43-47(37-17-9-3-10-18-37)34-48(38-19-11-4-12-20-38)44-28-32-52(62-58)56(51)54(43)44/h1-34H. The molecule has 13 aromatic rings. The lowest BCUT2D eigenvalue weighted by molar-refractivity contribution is 1.25. The minimum atomic E-state index is 0.689. The van der Waals surface area contributed by atoms with E-state index in [1.54, 1.807) is 0 Å². The topological polar surface area (TPSA) is 51.6 Å². The van der Waals surface area contributed by atoms with Gasteiger partial charge in [0.2, 0.25) is 0 Å². The Balaban J connectivity index is 0.924. The van der Waals surface area contributed by atoms with Crippen LogP contribution in [-0.4, -0.2) is 19.9 Å². The molecular weight excluding hydrogens is 753 g/mol. The summed E-state index contributed by atoms with van der Waals surface area (Å²) >= 11 is 0. The van der Waals surface area contributed by atoms with Gasteiger partial charge in [0.15, 0.2) is 11.6 Å². The van der Waals surface area contributed by atoms with Gasteiger partial charge >= 0.3 is 0 Å². The fourth-order valence-corrected chi connectivity index (χ4v) is 9.75. The highest BCUT2D eigenvalue weighted by Gasteiger charge is 2.21. The van der Waals surface area contributed by atoms with Gasteiger partial charge in [-0.05, 0) is 102 Å². The molecule has 11 aromatic carbocycles. The van der Waals surface area contributed by atoms with Crippen molar-refractivity contribution in [2.45, 2.75) is 0 Å². The molecular formula is C58H34N4. The van der Waals surface area contributed by atoms with Crippen LogP contribution in [0.25, 0.3) is 132 Å². The third kappa shape index (κ3) is 5.33. The van der Waals surface area contributed by atoms with Crippen LogP contribution in [0.5, 0.6) is 0 Å². The molecule has 0 saturated heterocycles. The molecule has 0 aliphatic heterocycles. The molecule has 0 N–H and O–H groups in total. The van der Waals surface area contributed by atoms with Crippen LogP contribution in [0.1, 0.15) is 0 Å². The van der Waals surface area contributed by atoms with Crippen molar-refractivity contribution in [3.8, 4) is 67.3 Å². The first-order valence-electron chi connectivity index (χ1n) is 21.1. The van der Waals surface area contributed by atoms with E-state index in [1.165, 1.54) is 76.8 Å². The lowest BCUT2D eigenvalue weighted by Gasteiger charge is -2.18. The third-order valence-corrected chi connectivity index (χ3v) is 12.6. The summed E-state index contributed by atoms with van der Waals surface area (Å²) in [5.41, 5.74) is 15.2. The minimum Gasteiger partial charge on any atom is -0.228 e. The van der Waals surface area contributed by atoms with Gasteiger partial charge in [-0.2, -0.15) is 0 Å². The van der Waals surface area contributed by atoms with Crippen LogP contribution < -0.4 is 0 Å². The first-order chi connectivity index (χ1) is 30.7. The summed E-state index contributed by atoms with van der Waals surface area (Å²) in [7, 11) is 0. The Morgan fingerprint density at radius 1 is 0.210 bits per heavy atom. The quantitative estimate of drug-likeness (QED) is 0.158. The number of nitrogens with zero attached hydrogens (tertiary/aromatic N) is 4. The number of rotatable bonds is 6. The van der Waals surface area contributed by atoms with Gasteiger partial charge in [0.1, 0.15) is 0 Å². The lowest BCUT2D eigenvalue weighted by Crippen LogP contribution is -1.97. The van der Waals surface area contributed by atoms with Crippen LogP contribution in [0.15, 0.2) is 206 Å². The van der Waals surface area contributed by atoms with Crippen molar-refractivity contribution in [1.82, 2.24) is 19.9 Å². The highest BCUT2D eigenvalue weighted by Crippen LogP contribution is 2.46. The van der Waals surface area contributed by atoms with Crippen LogP contribution in [0.4, 0.5) is 0 Å². The summed E-state index contributed by atoms with van der Waals surface area (Å²) in [5, 5.41) is 9.37. The average molecular weight is 787 g/mol. The van der Waals surface area contributed by atoms with E-state index < -0.39 is 0 Å². The monoisotopic (exact) mass is 786 g/mol. The van der Waals surface area contributed by atoms with Crippen LogP contribution in [0.2, 0.25) is 0 Å². The molecule has 0 aliphatic carbocycles. The Hall–Kier alpha value is -8.34. The van der Waals surface area contributed by atoms with E-state index in [0.29, 0.717) is 11.6 Å². The van der Waals surface area contributed by atoms with Crippen LogP contribution in [0, 0.1) is 0 Å². The summed E-state index contributed by atoms with van der Waals surface area (Å²) < 4.78 is 0. The predicted octanol–water partition coefficient (Wildman–Crippen LogP) is 15.1. The van der Waals surface area contributed by atoms with Crippen molar-refractivity contribution in [1.29, 1.82) is 0 Å². The van der Waals surface area contributed by atoms with Gasteiger partial charge in [0.05, 0.1) is 22.1 Å². The van der Waals surface area contributed by atoms with Crippen molar-refractivity contribution in [2.75, 3.05) is 0 Å². The zero-order valence-electron chi connectivity index (χ0n) is 33.4. The van der Waals surface area contributed by atoms with E-state index in [2.05, 4.69) is 206 Å². The van der Waals surface area contributed by atoms with E-state index in [4.69, 9.17) is 19.9 Å². The van der Waals surface area contributed by atoms with Crippen LogP contribution in [-0.2, 0) is 0 Å². The van der Waals surface area contributed by atoms with Gasteiger partial charge in [-0.3, -0.25) is 0 Å². The predicted molar refractivity (Wildman–Crippen MR) is 258 cm³/mol. The maximum Gasteiger partial charge on any atom is 0.160 e. The van der Waals surface area contributed by atoms with Gasteiger partial charge in [-0.25, -0.2) is 19.9 Å². The molecule has 0 aliphatic rings. The second-order valence-corrected chi connectivity index (χ2v) is 16.1. The Morgan fingerprint density at radius 3 is 0.726 bits per heavy atom. The van der Waals surface area contributed by atoms with Crippen LogP contribution >= 0.6 is 0 Å². The Kier molecular flexibility index (Phi) is 7.57. The van der Waals surface area contributed by atoms with Crippen molar-refractivity contribution in [2.24, 2.45) is 0 Å². The Bertz CT molecular complexity index is 3340. The summed E-state index contributed by atoms with van der Waals surface area (Å²) in [4.78, 5) is 20.9. The maximum absolute atomic E-state index is 5.21. The molecule has 0 saturated carbocycles. The molecule has 62 heavy (non-hydrogen) atoms. The van der Waals surface area contributed by atoms with Gasteiger partial charge < -0.3 is 0 Å². The molecule has 0 amide bonds. The van der Waals surface area contributed by atoms with Crippen molar-refractivity contribution < 1.29 is 0 Å². The van der Waals surface area contributed by atoms with E-state index in [0.717, 1.165) is 44.0 Å². The molecule has 0 radical (unpaired) electrons. The van der Waals surface area contributed by atoms with Crippen molar-refractivity contribution in [3.05, 3.63) is 206 Å². The van der Waals surface area contributed by atoms with Crippen LogP contribution in [0.3, 0.4) is 0 Å². The van der Waals surface area contributed by atoms with Gasteiger partial charge in [0, 0.05) is 32.7 Å². The highest BCUT2D eigenvalue weighted by molar-refractivity contribution is 6.28. The first-order valence-corrected chi connectivity index (χ1v) is 21.1. The Morgan fingerprint density at radius 2 is 0.468 bits per heavy atom. The van der Waals surface area contributed by atoms with Crippen molar-refractivity contribution >= 4 is 65.2 Å². The average Bonchev–Trinajstić information content (AvgIpc) is 3.35. The largest absolute Gasteiger partial charge is 0.228 e. The summed E-state index contributed by atoms with van der Waals surface area (Å²) in [6, 6.07) is 73.2. The lowest BCUT2D eigenvalue weighted by atomic mass is 9.87. The van der Waals surface area contributed by atoms with E-state index in [9.17, 15) is 0 Å². The molecule has 0 atom stereocenters.